The molecule has 4 aromatic rings. The number of benzene rings is 3. The Morgan fingerprint density at radius 2 is 1.69 bits per heavy atom. The van der Waals surface area contributed by atoms with Crippen molar-refractivity contribution in [3.8, 4) is 28.4 Å². The normalized spacial score (nSPS) is 11.4. The molecule has 35 heavy (non-hydrogen) atoms. The van der Waals surface area contributed by atoms with Crippen molar-refractivity contribution in [3.63, 3.8) is 0 Å². The second-order valence-electron chi connectivity index (χ2n) is 8.36. The highest BCUT2D eigenvalue weighted by molar-refractivity contribution is 6.06. The molecule has 0 saturated heterocycles. The summed E-state index contributed by atoms with van der Waals surface area (Å²) in [5.74, 6) is 1.54. The molecule has 0 radical (unpaired) electrons. The van der Waals surface area contributed by atoms with E-state index in [0.717, 1.165) is 38.8 Å². The van der Waals surface area contributed by atoms with Gasteiger partial charge < -0.3 is 23.9 Å². The quantitative estimate of drug-likeness (QED) is 0.301. The van der Waals surface area contributed by atoms with Crippen LogP contribution in [-0.4, -0.2) is 27.2 Å². The molecule has 1 heterocycles. The number of furan rings is 1. The molecule has 0 atom stereocenters. The van der Waals surface area contributed by atoms with E-state index in [9.17, 15) is 4.79 Å². The summed E-state index contributed by atoms with van der Waals surface area (Å²) >= 11 is 0. The minimum atomic E-state index is -0.292. The first kappa shape index (κ1) is 24.0. The highest BCUT2D eigenvalue weighted by Crippen LogP contribution is 2.40. The van der Waals surface area contributed by atoms with Gasteiger partial charge in [-0.15, -0.1) is 0 Å². The highest BCUT2D eigenvalue weighted by atomic mass is 16.5. The number of methoxy groups -OCH3 is 3. The summed E-state index contributed by atoms with van der Waals surface area (Å²) in [6.07, 6.45) is 3.32. The van der Waals surface area contributed by atoms with Crippen molar-refractivity contribution in [2.45, 2.75) is 20.8 Å². The van der Waals surface area contributed by atoms with Gasteiger partial charge >= 0.3 is 0 Å². The summed E-state index contributed by atoms with van der Waals surface area (Å²) in [6.45, 7) is 5.91. The molecular weight excluding hydrogens is 442 g/mol. The van der Waals surface area contributed by atoms with Crippen LogP contribution in [0.2, 0.25) is 0 Å². The maximum atomic E-state index is 12.9. The van der Waals surface area contributed by atoms with Crippen LogP contribution in [0, 0.1) is 13.8 Å². The predicted molar refractivity (Wildman–Crippen MR) is 140 cm³/mol. The molecule has 0 saturated carbocycles. The van der Waals surface area contributed by atoms with E-state index in [1.165, 1.54) is 5.56 Å². The highest BCUT2D eigenvalue weighted by Gasteiger charge is 2.19. The second-order valence-corrected chi connectivity index (χ2v) is 8.36. The lowest BCUT2D eigenvalue weighted by Crippen LogP contribution is -2.10. The summed E-state index contributed by atoms with van der Waals surface area (Å²) in [5.41, 5.74) is 6.98. The first-order chi connectivity index (χ1) is 16.9. The lowest BCUT2D eigenvalue weighted by Gasteiger charge is -2.14. The zero-order chi connectivity index (χ0) is 25.1. The summed E-state index contributed by atoms with van der Waals surface area (Å²) in [5, 5.41) is 3.85. The summed E-state index contributed by atoms with van der Waals surface area (Å²) < 4.78 is 22.3. The SMILES string of the molecule is COc1ccc(OC)c(NC(=O)/C=C(\C)c2cc3c(-c4ccc(C)cc4)coc3c(C)c2OC)c1. The van der Waals surface area contributed by atoms with Crippen molar-refractivity contribution in [2.24, 2.45) is 0 Å². The van der Waals surface area contributed by atoms with E-state index in [4.69, 9.17) is 18.6 Å². The number of allylic oxidation sites excluding steroid dienone is 1. The van der Waals surface area contributed by atoms with Crippen LogP contribution >= 0.6 is 0 Å². The number of aryl methyl sites for hydroxylation is 2. The van der Waals surface area contributed by atoms with Crippen molar-refractivity contribution < 1.29 is 23.4 Å². The Balaban J connectivity index is 1.74. The fourth-order valence-electron chi connectivity index (χ4n) is 4.18. The minimum absolute atomic E-state index is 0.292. The van der Waals surface area contributed by atoms with E-state index < -0.39 is 0 Å². The average Bonchev–Trinajstić information content (AvgIpc) is 3.28. The van der Waals surface area contributed by atoms with Gasteiger partial charge in [-0.2, -0.15) is 0 Å². The van der Waals surface area contributed by atoms with Gasteiger partial charge in [0, 0.05) is 34.2 Å². The molecular formula is C29H29NO5. The van der Waals surface area contributed by atoms with E-state index in [0.29, 0.717) is 22.9 Å². The van der Waals surface area contributed by atoms with E-state index >= 15 is 0 Å². The third-order valence-electron chi connectivity index (χ3n) is 6.05. The van der Waals surface area contributed by atoms with Gasteiger partial charge in [-0.1, -0.05) is 29.8 Å². The molecule has 1 N–H and O–H groups in total. The molecule has 0 aliphatic rings. The van der Waals surface area contributed by atoms with Gasteiger partial charge in [-0.05, 0) is 50.1 Å². The summed E-state index contributed by atoms with van der Waals surface area (Å²) in [7, 11) is 4.75. The summed E-state index contributed by atoms with van der Waals surface area (Å²) in [4.78, 5) is 12.9. The number of hydrogen-bond acceptors (Lipinski definition) is 5. The van der Waals surface area contributed by atoms with Crippen LogP contribution < -0.4 is 19.5 Å². The fourth-order valence-corrected chi connectivity index (χ4v) is 4.18. The zero-order valence-electron chi connectivity index (χ0n) is 20.8. The molecule has 3 aromatic carbocycles. The molecule has 1 aromatic heterocycles. The molecule has 0 unspecified atom stereocenters. The number of carbonyl (C=O) groups excluding carboxylic acids is 1. The minimum Gasteiger partial charge on any atom is -0.497 e. The zero-order valence-corrected chi connectivity index (χ0v) is 20.8. The predicted octanol–water partition coefficient (Wildman–Crippen LogP) is 6.78. The van der Waals surface area contributed by atoms with Crippen LogP contribution in [0.5, 0.6) is 17.2 Å². The van der Waals surface area contributed by atoms with E-state index in [1.807, 2.05) is 19.9 Å². The Hall–Kier alpha value is -4.19. The van der Waals surface area contributed by atoms with Crippen LogP contribution in [0.3, 0.4) is 0 Å². The van der Waals surface area contributed by atoms with Gasteiger partial charge in [0.05, 0.1) is 33.3 Å². The van der Waals surface area contributed by atoms with Gasteiger partial charge in [0.1, 0.15) is 22.8 Å². The molecule has 4 rings (SSSR count). The second kappa shape index (κ2) is 9.97. The Morgan fingerprint density at radius 3 is 2.34 bits per heavy atom. The van der Waals surface area contributed by atoms with Crippen LogP contribution in [0.15, 0.2) is 65.3 Å². The Kier molecular flexibility index (Phi) is 6.82. The number of hydrogen-bond donors (Lipinski definition) is 1. The Morgan fingerprint density at radius 1 is 0.943 bits per heavy atom. The first-order valence-corrected chi connectivity index (χ1v) is 11.2. The standard InChI is InChI=1S/C29H29NO5/c1-17-7-9-20(10-8-17)24-16-35-29-19(3)28(34-6)22(15-23(24)29)18(2)13-27(31)30-25-14-21(32-4)11-12-26(25)33-5/h7-16H,1-6H3,(H,30,31)/b18-13+. The van der Waals surface area contributed by atoms with Crippen LogP contribution in [-0.2, 0) is 4.79 Å². The third-order valence-corrected chi connectivity index (χ3v) is 6.05. The topological polar surface area (TPSA) is 69.9 Å². The number of amides is 1. The number of anilines is 1. The van der Waals surface area contributed by atoms with Crippen molar-refractivity contribution in [1.82, 2.24) is 0 Å². The lowest BCUT2D eigenvalue weighted by molar-refractivity contribution is -0.111. The Bertz CT molecular complexity index is 1410. The van der Waals surface area contributed by atoms with Gasteiger partial charge in [0.2, 0.25) is 5.91 Å². The maximum Gasteiger partial charge on any atom is 0.248 e. The van der Waals surface area contributed by atoms with Crippen LogP contribution in [0.4, 0.5) is 5.69 Å². The number of nitrogens with one attached hydrogen (secondary N) is 1. The number of rotatable bonds is 7. The fraction of sp³-hybridized carbons (Fsp3) is 0.207. The van der Waals surface area contributed by atoms with Crippen molar-refractivity contribution in [2.75, 3.05) is 26.6 Å². The lowest BCUT2D eigenvalue weighted by atomic mass is 9.96. The average molecular weight is 472 g/mol. The van der Waals surface area contributed by atoms with Gasteiger partial charge in [-0.3, -0.25) is 4.79 Å². The smallest absolute Gasteiger partial charge is 0.248 e. The molecule has 0 aliphatic carbocycles. The third kappa shape index (κ3) is 4.73. The maximum absolute atomic E-state index is 12.9. The monoisotopic (exact) mass is 471 g/mol. The van der Waals surface area contributed by atoms with E-state index in [2.05, 4.69) is 36.5 Å². The number of ether oxygens (including phenoxy) is 3. The molecule has 0 spiro atoms. The number of fused-ring (bicyclic) bond motifs is 1. The van der Waals surface area contributed by atoms with Crippen molar-refractivity contribution >= 4 is 28.1 Å². The van der Waals surface area contributed by atoms with Gasteiger partial charge in [-0.25, -0.2) is 0 Å². The molecule has 6 nitrogen and oxygen atoms in total. The summed E-state index contributed by atoms with van der Waals surface area (Å²) in [6, 6.07) is 15.6. The Labute approximate surface area is 205 Å². The van der Waals surface area contributed by atoms with Gasteiger partial charge in [0.25, 0.3) is 0 Å². The molecule has 0 aliphatic heterocycles. The van der Waals surface area contributed by atoms with Gasteiger partial charge in [0.15, 0.2) is 0 Å². The molecule has 0 fully saturated rings. The van der Waals surface area contributed by atoms with Crippen LogP contribution in [0.25, 0.3) is 27.7 Å². The first-order valence-electron chi connectivity index (χ1n) is 11.2. The van der Waals surface area contributed by atoms with Crippen LogP contribution in [0.1, 0.15) is 23.6 Å². The van der Waals surface area contributed by atoms with E-state index in [1.54, 1.807) is 51.9 Å². The molecule has 1 amide bonds. The largest absolute Gasteiger partial charge is 0.497 e. The molecule has 6 heteroatoms. The van der Waals surface area contributed by atoms with Crippen molar-refractivity contribution in [3.05, 3.63) is 77.6 Å². The number of carbonyl (C=O) groups is 1. The van der Waals surface area contributed by atoms with Crippen molar-refractivity contribution in [1.29, 1.82) is 0 Å². The molecule has 180 valence electrons. The molecule has 0 bridgehead atoms. The van der Waals surface area contributed by atoms with E-state index in [-0.39, 0.29) is 5.91 Å².